The van der Waals surface area contributed by atoms with Gasteiger partial charge >= 0.3 is 0 Å². The molecule has 3 N–H and O–H groups in total. The second kappa shape index (κ2) is 7.78. The molecule has 0 aliphatic rings. The predicted octanol–water partition coefficient (Wildman–Crippen LogP) is 0.787. The van der Waals surface area contributed by atoms with Crippen molar-refractivity contribution in [3.8, 4) is 0 Å². The molecule has 0 aromatic carbocycles. The first-order chi connectivity index (χ1) is 5.31. The lowest BCUT2D eigenvalue weighted by Crippen LogP contribution is -2.21. The van der Waals surface area contributed by atoms with E-state index in [-0.39, 0.29) is 0 Å². The summed E-state index contributed by atoms with van der Waals surface area (Å²) in [6, 6.07) is 0. The van der Waals surface area contributed by atoms with Crippen LogP contribution in [0.2, 0.25) is 0 Å². The molecule has 0 saturated carbocycles. The average molecular weight is 173 g/mol. The summed E-state index contributed by atoms with van der Waals surface area (Å²) in [5.74, 6) is 0.884. The SMILES string of the molecule is C=N/C=C(/C)SCNCCN. The van der Waals surface area contributed by atoms with E-state index in [1.165, 1.54) is 0 Å². The third-order valence-corrected chi connectivity index (χ3v) is 1.91. The highest BCUT2D eigenvalue weighted by molar-refractivity contribution is 8.02. The first kappa shape index (κ1) is 10.7. The summed E-state index contributed by atoms with van der Waals surface area (Å²) in [6.45, 7) is 6.91. The number of aliphatic imine (C=N–C) groups is 1. The highest BCUT2D eigenvalue weighted by atomic mass is 32.2. The molecule has 0 heterocycles. The van der Waals surface area contributed by atoms with Gasteiger partial charge in [-0.15, -0.1) is 11.8 Å². The van der Waals surface area contributed by atoms with E-state index < -0.39 is 0 Å². The molecule has 64 valence electrons. The van der Waals surface area contributed by atoms with Crippen molar-refractivity contribution < 1.29 is 0 Å². The van der Waals surface area contributed by atoms with E-state index in [2.05, 4.69) is 17.0 Å². The molecular weight excluding hydrogens is 158 g/mol. The molecule has 0 fully saturated rings. The van der Waals surface area contributed by atoms with Crippen molar-refractivity contribution in [2.45, 2.75) is 6.92 Å². The molecule has 0 unspecified atom stereocenters. The largest absolute Gasteiger partial charge is 0.329 e. The quantitative estimate of drug-likeness (QED) is 0.355. The topological polar surface area (TPSA) is 50.4 Å². The Morgan fingerprint density at radius 3 is 3.09 bits per heavy atom. The Labute approximate surface area is 72.1 Å². The fourth-order valence-corrected chi connectivity index (χ4v) is 1.13. The highest BCUT2D eigenvalue weighted by Crippen LogP contribution is 2.11. The lowest BCUT2D eigenvalue weighted by molar-refractivity contribution is 0.785. The van der Waals surface area contributed by atoms with Gasteiger partial charge in [0.25, 0.3) is 0 Å². The van der Waals surface area contributed by atoms with E-state index in [0.717, 1.165) is 17.3 Å². The van der Waals surface area contributed by atoms with Crippen molar-refractivity contribution >= 4 is 18.5 Å². The Kier molecular flexibility index (Phi) is 7.56. The van der Waals surface area contributed by atoms with Gasteiger partial charge in [0, 0.05) is 30.1 Å². The van der Waals surface area contributed by atoms with Gasteiger partial charge in [0.15, 0.2) is 0 Å². The lowest BCUT2D eigenvalue weighted by Gasteiger charge is -2.01. The molecule has 11 heavy (non-hydrogen) atoms. The lowest BCUT2D eigenvalue weighted by atomic mass is 10.7. The van der Waals surface area contributed by atoms with Crippen LogP contribution in [-0.2, 0) is 0 Å². The fraction of sp³-hybridized carbons (Fsp3) is 0.571. The van der Waals surface area contributed by atoms with Gasteiger partial charge in [0.1, 0.15) is 0 Å². The zero-order valence-corrected chi connectivity index (χ0v) is 7.66. The molecule has 0 rings (SSSR count). The Morgan fingerprint density at radius 1 is 1.82 bits per heavy atom. The van der Waals surface area contributed by atoms with E-state index >= 15 is 0 Å². The van der Waals surface area contributed by atoms with E-state index in [9.17, 15) is 0 Å². The van der Waals surface area contributed by atoms with Crippen LogP contribution in [0.4, 0.5) is 0 Å². The number of allylic oxidation sites excluding steroid dienone is 1. The van der Waals surface area contributed by atoms with Crippen LogP contribution in [0.15, 0.2) is 16.1 Å². The minimum atomic E-state index is 0.684. The van der Waals surface area contributed by atoms with Gasteiger partial charge in [-0.05, 0) is 13.6 Å². The van der Waals surface area contributed by atoms with Crippen molar-refractivity contribution in [3.63, 3.8) is 0 Å². The number of nitrogens with one attached hydrogen (secondary N) is 1. The van der Waals surface area contributed by atoms with Crippen LogP contribution in [0.25, 0.3) is 0 Å². The molecule has 0 aromatic heterocycles. The zero-order chi connectivity index (χ0) is 8.53. The van der Waals surface area contributed by atoms with Gasteiger partial charge in [-0.1, -0.05) is 0 Å². The molecule has 4 heteroatoms. The van der Waals surface area contributed by atoms with Crippen LogP contribution >= 0.6 is 11.8 Å². The second-order valence-electron chi connectivity index (χ2n) is 2.00. The van der Waals surface area contributed by atoms with Crippen LogP contribution in [0.3, 0.4) is 0 Å². The van der Waals surface area contributed by atoms with Crippen LogP contribution in [0.1, 0.15) is 6.92 Å². The Morgan fingerprint density at radius 2 is 2.55 bits per heavy atom. The van der Waals surface area contributed by atoms with Gasteiger partial charge in [-0.25, -0.2) is 0 Å². The van der Waals surface area contributed by atoms with Gasteiger partial charge in [0.05, 0.1) is 0 Å². The molecule has 0 amide bonds. The van der Waals surface area contributed by atoms with E-state index in [4.69, 9.17) is 5.73 Å². The van der Waals surface area contributed by atoms with E-state index in [1.54, 1.807) is 18.0 Å². The maximum atomic E-state index is 5.29. The predicted molar refractivity (Wildman–Crippen MR) is 52.8 cm³/mol. The summed E-state index contributed by atoms with van der Waals surface area (Å²) in [4.78, 5) is 4.81. The highest BCUT2D eigenvalue weighted by Gasteiger charge is 1.88. The summed E-state index contributed by atoms with van der Waals surface area (Å²) in [7, 11) is 0. The van der Waals surface area contributed by atoms with Crippen LogP contribution in [0.5, 0.6) is 0 Å². The Bertz CT molecular complexity index is 134. The van der Waals surface area contributed by atoms with Crippen molar-refractivity contribution in [1.82, 2.24) is 5.32 Å². The monoisotopic (exact) mass is 173 g/mol. The summed E-state index contributed by atoms with van der Waals surface area (Å²) >= 11 is 1.70. The van der Waals surface area contributed by atoms with Gasteiger partial charge in [-0.2, -0.15) is 0 Å². The first-order valence-electron chi connectivity index (χ1n) is 3.47. The standard InChI is InChI=1S/C7H15N3S/c1-7(5-9-2)11-6-10-4-3-8/h5,10H,2-4,6,8H2,1H3/b7-5-. The third-order valence-electron chi connectivity index (χ3n) is 0.996. The molecule has 0 bridgehead atoms. The normalized spacial score (nSPS) is 11.6. The van der Waals surface area contributed by atoms with Gasteiger partial charge in [-0.3, -0.25) is 4.99 Å². The molecule has 0 saturated heterocycles. The van der Waals surface area contributed by atoms with Crippen molar-refractivity contribution in [1.29, 1.82) is 0 Å². The number of nitrogens with zero attached hydrogens (tertiary/aromatic N) is 1. The fourth-order valence-electron chi connectivity index (χ4n) is 0.505. The number of nitrogens with two attached hydrogens (primary N) is 1. The smallest absolute Gasteiger partial charge is 0.0463 e. The molecule has 3 nitrogen and oxygen atoms in total. The van der Waals surface area contributed by atoms with E-state index in [1.807, 2.05) is 6.92 Å². The maximum absolute atomic E-state index is 5.29. The number of rotatable bonds is 6. The number of hydrogen-bond donors (Lipinski definition) is 2. The molecule has 0 spiro atoms. The van der Waals surface area contributed by atoms with Crippen LogP contribution in [-0.4, -0.2) is 25.7 Å². The van der Waals surface area contributed by atoms with Gasteiger partial charge in [0.2, 0.25) is 0 Å². The molecule has 0 aliphatic heterocycles. The molecular formula is C7H15N3S. The molecule has 0 aliphatic carbocycles. The Balaban J connectivity index is 3.23. The minimum Gasteiger partial charge on any atom is -0.329 e. The zero-order valence-electron chi connectivity index (χ0n) is 6.84. The van der Waals surface area contributed by atoms with Crippen molar-refractivity contribution in [2.24, 2.45) is 10.7 Å². The molecule has 0 aromatic rings. The summed E-state index contributed by atoms with van der Waals surface area (Å²) in [6.07, 6.45) is 1.74. The summed E-state index contributed by atoms with van der Waals surface area (Å²) in [5, 5.41) is 3.16. The maximum Gasteiger partial charge on any atom is 0.0463 e. The molecule has 0 atom stereocenters. The third kappa shape index (κ3) is 7.58. The van der Waals surface area contributed by atoms with Crippen molar-refractivity contribution in [3.05, 3.63) is 11.1 Å². The average Bonchev–Trinajstić information content (AvgIpc) is 1.99. The second-order valence-corrected chi connectivity index (χ2v) is 3.22. The first-order valence-corrected chi connectivity index (χ1v) is 4.46. The van der Waals surface area contributed by atoms with E-state index in [0.29, 0.717) is 6.54 Å². The van der Waals surface area contributed by atoms with Crippen molar-refractivity contribution in [2.75, 3.05) is 19.0 Å². The Hall–Kier alpha value is -0.320. The van der Waals surface area contributed by atoms with Gasteiger partial charge < -0.3 is 11.1 Å². The summed E-state index contributed by atoms with van der Waals surface area (Å²) < 4.78 is 0. The van der Waals surface area contributed by atoms with Crippen LogP contribution in [0, 0.1) is 0 Å². The number of thioether (sulfide) groups is 1. The molecule has 0 radical (unpaired) electrons. The minimum absolute atomic E-state index is 0.684. The summed E-state index contributed by atoms with van der Waals surface area (Å²) in [5.41, 5.74) is 5.29. The van der Waals surface area contributed by atoms with Crippen LogP contribution < -0.4 is 11.1 Å². The number of hydrogen-bond acceptors (Lipinski definition) is 4.